The Balaban J connectivity index is 2.27. The summed E-state index contributed by atoms with van der Waals surface area (Å²) in [4.78, 5) is 0. The van der Waals surface area contributed by atoms with Crippen LogP contribution in [0.3, 0.4) is 0 Å². The maximum atomic E-state index is 8.65. The maximum Gasteiger partial charge on any atom is 0.0720 e. The second kappa shape index (κ2) is 5.73. The summed E-state index contributed by atoms with van der Waals surface area (Å²) in [5.41, 5.74) is 1.17. The molecule has 0 radical (unpaired) electrons. The predicted molar refractivity (Wildman–Crippen MR) is 52.4 cm³/mol. The molecular formula is C11H16O2. The fraction of sp³-hybridized carbons (Fsp3) is 0.455. The number of rotatable bonds is 5. The van der Waals surface area contributed by atoms with Crippen molar-refractivity contribution in [2.45, 2.75) is 26.1 Å². The largest absolute Gasteiger partial charge is 0.396 e. The first-order valence-corrected chi connectivity index (χ1v) is 4.59. The summed E-state index contributed by atoms with van der Waals surface area (Å²) >= 11 is 0. The summed E-state index contributed by atoms with van der Waals surface area (Å²) in [6, 6.07) is 10.0. The Labute approximate surface area is 79.2 Å². The third-order valence-electron chi connectivity index (χ3n) is 1.91. The van der Waals surface area contributed by atoms with Crippen molar-refractivity contribution in [3.05, 3.63) is 35.9 Å². The van der Waals surface area contributed by atoms with E-state index in [-0.39, 0.29) is 12.7 Å². The zero-order valence-electron chi connectivity index (χ0n) is 7.94. The minimum absolute atomic E-state index is 0.130. The van der Waals surface area contributed by atoms with Crippen LogP contribution in [0.5, 0.6) is 0 Å². The number of aliphatic hydroxyl groups excluding tert-OH is 1. The van der Waals surface area contributed by atoms with E-state index in [4.69, 9.17) is 9.84 Å². The average molecular weight is 180 g/mol. The fourth-order valence-electron chi connectivity index (χ4n) is 1.08. The Kier molecular flexibility index (Phi) is 4.50. The molecule has 2 heteroatoms. The zero-order chi connectivity index (χ0) is 9.52. The molecule has 1 unspecified atom stereocenters. The van der Waals surface area contributed by atoms with Gasteiger partial charge in [0, 0.05) is 6.61 Å². The van der Waals surface area contributed by atoms with Crippen LogP contribution in [0.1, 0.15) is 18.9 Å². The smallest absolute Gasteiger partial charge is 0.0720 e. The molecule has 0 spiro atoms. The Bertz CT molecular complexity index is 221. The van der Waals surface area contributed by atoms with E-state index < -0.39 is 0 Å². The predicted octanol–water partition coefficient (Wildman–Crippen LogP) is 1.97. The van der Waals surface area contributed by atoms with Gasteiger partial charge in [0.15, 0.2) is 0 Å². The Morgan fingerprint density at radius 1 is 1.31 bits per heavy atom. The van der Waals surface area contributed by atoms with Crippen LogP contribution in [0, 0.1) is 0 Å². The number of ether oxygens (including phenoxy) is 1. The Morgan fingerprint density at radius 2 is 2.00 bits per heavy atom. The van der Waals surface area contributed by atoms with Crippen molar-refractivity contribution in [3.8, 4) is 0 Å². The Morgan fingerprint density at radius 3 is 2.62 bits per heavy atom. The summed E-state index contributed by atoms with van der Waals surface area (Å²) in [6.07, 6.45) is 0.831. The lowest BCUT2D eigenvalue weighted by Gasteiger charge is -2.11. The highest BCUT2D eigenvalue weighted by Crippen LogP contribution is 2.04. The van der Waals surface area contributed by atoms with Gasteiger partial charge in [-0.1, -0.05) is 30.3 Å². The molecule has 0 amide bonds. The summed E-state index contributed by atoms with van der Waals surface area (Å²) in [7, 11) is 0. The molecule has 1 aromatic rings. The van der Waals surface area contributed by atoms with Crippen molar-refractivity contribution in [1.29, 1.82) is 0 Å². The van der Waals surface area contributed by atoms with E-state index in [2.05, 4.69) is 0 Å². The molecular weight excluding hydrogens is 164 g/mol. The number of aliphatic hydroxyl groups is 1. The molecule has 0 aliphatic carbocycles. The summed E-state index contributed by atoms with van der Waals surface area (Å²) in [6.45, 7) is 2.79. The Hall–Kier alpha value is -0.860. The van der Waals surface area contributed by atoms with Crippen LogP contribution in [0.25, 0.3) is 0 Å². The van der Waals surface area contributed by atoms with Crippen LogP contribution < -0.4 is 0 Å². The highest BCUT2D eigenvalue weighted by Gasteiger charge is 2.00. The molecule has 0 fully saturated rings. The molecule has 2 nitrogen and oxygen atoms in total. The van der Waals surface area contributed by atoms with E-state index >= 15 is 0 Å². The second-order valence-electron chi connectivity index (χ2n) is 3.12. The lowest BCUT2D eigenvalue weighted by Crippen LogP contribution is -2.09. The first-order chi connectivity index (χ1) is 6.33. The van der Waals surface area contributed by atoms with Gasteiger partial charge in [0.1, 0.15) is 0 Å². The maximum absolute atomic E-state index is 8.65. The van der Waals surface area contributed by atoms with Crippen LogP contribution >= 0.6 is 0 Å². The van der Waals surface area contributed by atoms with E-state index in [1.54, 1.807) is 0 Å². The van der Waals surface area contributed by atoms with E-state index in [0.717, 1.165) is 0 Å². The van der Waals surface area contributed by atoms with Crippen molar-refractivity contribution < 1.29 is 9.84 Å². The molecule has 0 aliphatic heterocycles. The van der Waals surface area contributed by atoms with Crippen molar-refractivity contribution in [2.75, 3.05) is 6.61 Å². The minimum atomic E-state index is 0.130. The van der Waals surface area contributed by atoms with E-state index in [1.807, 2.05) is 37.3 Å². The SMILES string of the molecule is CC(CCO)OCc1ccccc1. The van der Waals surface area contributed by atoms with Gasteiger partial charge in [-0.15, -0.1) is 0 Å². The van der Waals surface area contributed by atoms with Gasteiger partial charge in [0.2, 0.25) is 0 Å². The normalized spacial score (nSPS) is 12.8. The molecule has 1 N–H and O–H groups in total. The first-order valence-electron chi connectivity index (χ1n) is 4.59. The number of benzene rings is 1. The van der Waals surface area contributed by atoms with Gasteiger partial charge < -0.3 is 9.84 Å². The lowest BCUT2D eigenvalue weighted by molar-refractivity contribution is 0.0363. The van der Waals surface area contributed by atoms with Crippen LogP contribution in [-0.2, 0) is 11.3 Å². The second-order valence-corrected chi connectivity index (χ2v) is 3.12. The highest BCUT2D eigenvalue weighted by atomic mass is 16.5. The van der Waals surface area contributed by atoms with E-state index in [9.17, 15) is 0 Å². The molecule has 0 saturated carbocycles. The van der Waals surface area contributed by atoms with Crippen LogP contribution in [0.2, 0.25) is 0 Å². The quantitative estimate of drug-likeness (QED) is 0.750. The van der Waals surface area contributed by atoms with Crippen LogP contribution in [0.4, 0.5) is 0 Å². The van der Waals surface area contributed by atoms with Crippen molar-refractivity contribution in [2.24, 2.45) is 0 Å². The third kappa shape index (κ3) is 4.06. The molecule has 13 heavy (non-hydrogen) atoms. The number of hydrogen-bond donors (Lipinski definition) is 1. The van der Waals surface area contributed by atoms with E-state index in [0.29, 0.717) is 13.0 Å². The van der Waals surface area contributed by atoms with Crippen molar-refractivity contribution in [3.63, 3.8) is 0 Å². The third-order valence-corrected chi connectivity index (χ3v) is 1.91. The molecule has 72 valence electrons. The van der Waals surface area contributed by atoms with Gasteiger partial charge in [0.05, 0.1) is 12.7 Å². The molecule has 0 bridgehead atoms. The molecule has 1 rings (SSSR count). The molecule has 1 aromatic carbocycles. The molecule has 0 aliphatic rings. The summed E-state index contributed by atoms with van der Waals surface area (Å²) < 4.78 is 5.51. The average Bonchev–Trinajstić information content (AvgIpc) is 2.17. The molecule has 0 heterocycles. The van der Waals surface area contributed by atoms with Gasteiger partial charge in [-0.25, -0.2) is 0 Å². The van der Waals surface area contributed by atoms with Gasteiger partial charge in [-0.2, -0.15) is 0 Å². The fourth-order valence-corrected chi connectivity index (χ4v) is 1.08. The molecule has 0 aromatic heterocycles. The minimum Gasteiger partial charge on any atom is -0.396 e. The van der Waals surface area contributed by atoms with Crippen molar-refractivity contribution in [1.82, 2.24) is 0 Å². The van der Waals surface area contributed by atoms with Crippen LogP contribution in [-0.4, -0.2) is 17.8 Å². The highest BCUT2D eigenvalue weighted by molar-refractivity contribution is 5.13. The van der Waals surface area contributed by atoms with E-state index in [1.165, 1.54) is 5.56 Å². The standard InChI is InChI=1S/C11H16O2/c1-10(7-8-12)13-9-11-5-3-2-4-6-11/h2-6,10,12H,7-9H2,1H3. The lowest BCUT2D eigenvalue weighted by atomic mass is 10.2. The summed E-state index contributed by atoms with van der Waals surface area (Å²) in [5, 5.41) is 8.65. The van der Waals surface area contributed by atoms with Crippen LogP contribution in [0.15, 0.2) is 30.3 Å². The topological polar surface area (TPSA) is 29.5 Å². The van der Waals surface area contributed by atoms with Gasteiger partial charge >= 0.3 is 0 Å². The van der Waals surface area contributed by atoms with Gasteiger partial charge in [-0.3, -0.25) is 0 Å². The van der Waals surface area contributed by atoms with Gasteiger partial charge in [0.25, 0.3) is 0 Å². The van der Waals surface area contributed by atoms with Gasteiger partial charge in [-0.05, 0) is 18.9 Å². The summed E-state index contributed by atoms with van der Waals surface area (Å²) in [5.74, 6) is 0. The zero-order valence-corrected chi connectivity index (χ0v) is 7.94. The van der Waals surface area contributed by atoms with Crippen molar-refractivity contribution >= 4 is 0 Å². The first kappa shape index (κ1) is 10.2. The molecule has 0 saturated heterocycles. The molecule has 1 atom stereocenters. The monoisotopic (exact) mass is 180 g/mol. The number of hydrogen-bond acceptors (Lipinski definition) is 2.